The lowest BCUT2D eigenvalue weighted by molar-refractivity contribution is 0.480. The molecule has 2 fully saturated rings. The molecule has 0 spiro atoms. The van der Waals surface area contributed by atoms with Gasteiger partial charge in [-0.2, -0.15) is 0 Å². The summed E-state index contributed by atoms with van der Waals surface area (Å²) in [7, 11) is 0. The van der Waals surface area contributed by atoms with Crippen LogP contribution >= 0.6 is 27.5 Å². The van der Waals surface area contributed by atoms with Crippen LogP contribution < -0.4 is 0 Å². The minimum absolute atomic E-state index is 0.621. The van der Waals surface area contributed by atoms with Crippen molar-refractivity contribution in [3.8, 4) is 0 Å². The van der Waals surface area contributed by atoms with Crippen molar-refractivity contribution >= 4 is 27.5 Å². The van der Waals surface area contributed by atoms with E-state index in [-0.39, 0.29) is 0 Å². The maximum absolute atomic E-state index is 6.23. The Hall–Kier alpha value is -0.0100. The molecule has 1 aromatic carbocycles. The van der Waals surface area contributed by atoms with Gasteiger partial charge in [0.05, 0.1) is 0 Å². The Labute approximate surface area is 117 Å². The first kappa shape index (κ1) is 12.0. The van der Waals surface area contributed by atoms with Gasteiger partial charge in [-0.15, -0.1) is 0 Å². The maximum Gasteiger partial charge on any atom is 0.0438 e. The highest BCUT2D eigenvalue weighted by Gasteiger charge is 2.53. The van der Waals surface area contributed by atoms with Crippen molar-refractivity contribution in [1.29, 1.82) is 0 Å². The molecule has 0 heterocycles. The van der Waals surface area contributed by atoms with Crippen LogP contribution in [0.25, 0.3) is 0 Å². The van der Waals surface area contributed by atoms with E-state index in [1.54, 1.807) is 0 Å². The molecule has 0 N–H and O–H groups in total. The van der Waals surface area contributed by atoms with Crippen LogP contribution in [-0.2, 0) is 6.42 Å². The van der Waals surface area contributed by atoms with E-state index in [9.17, 15) is 0 Å². The van der Waals surface area contributed by atoms with Crippen LogP contribution in [0.3, 0.4) is 0 Å². The lowest BCUT2D eigenvalue weighted by Crippen LogP contribution is -2.08. The summed E-state index contributed by atoms with van der Waals surface area (Å²) in [4.78, 5) is 0.621. The normalized spacial score (nSPS) is 32.9. The molecule has 0 radical (unpaired) electrons. The van der Waals surface area contributed by atoms with Gasteiger partial charge in [-0.3, -0.25) is 0 Å². The monoisotopic (exact) mass is 312 g/mol. The zero-order valence-electron chi connectivity index (χ0n) is 9.91. The number of benzene rings is 1. The van der Waals surface area contributed by atoms with Crippen molar-refractivity contribution < 1.29 is 0 Å². The highest BCUT2D eigenvalue weighted by atomic mass is 79.9. The third-order valence-electron chi connectivity index (χ3n) is 4.51. The molecule has 2 heteroatoms. The van der Waals surface area contributed by atoms with E-state index in [0.717, 1.165) is 29.2 Å². The van der Waals surface area contributed by atoms with Crippen molar-refractivity contribution in [2.45, 2.75) is 36.9 Å². The lowest BCUT2D eigenvalue weighted by Gasteiger charge is -2.10. The van der Waals surface area contributed by atoms with Crippen LogP contribution in [0.15, 0.2) is 24.3 Å². The Balaban J connectivity index is 1.64. The summed E-state index contributed by atoms with van der Waals surface area (Å²) in [6.45, 7) is 0. The Kier molecular flexibility index (Phi) is 3.49. The molecule has 1 aromatic rings. The van der Waals surface area contributed by atoms with Crippen LogP contribution in [0.2, 0.25) is 5.02 Å². The Morgan fingerprint density at radius 3 is 2.47 bits per heavy atom. The molecule has 3 rings (SSSR count). The van der Waals surface area contributed by atoms with Gasteiger partial charge < -0.3 is 0 Å². The third-order valence-corrected chi connectivity index (χ3v) is 5.82. The van der Waals surface area contributed by atoms with Gasteiger partial charge in [0, 0.05) is 9.85 Å². The predicted octanol–water partition coefficient (Wildman–Crippen LogP) is 5.08. The zero-order chi connectivity index (χ0) is 11.8. The molecular weight excluding hydrogens is 296 g/mol. The molecule has 0 aromatic heterocycles. The average Bonchev–Trinajstić information content (AvgIpc) is 3.06. The zero-order valence-corrected chi connectivity index (χ0v) is 12.3. The fourth-order valence-corrected chi connectivity index (χ4v) is 4.94. The molecule has 0 amide bonds. The minimum atomic E-state index is 0.621. The smallest absolute Gasteiger partial charge is 0.0438 e. The summed E-state index contributed by atoms with van der Waals surface area (Å²) in [5.41, 5.74) is 1.29. The third kappa shape index (κ3) is 2.42. The Morgan fingerprint density at radius 1 is 1.18 bits per heavy atom. The number of rotatable bonds is 3. The largest absolute Gasteiger partial charge is 0.0884 e. The second-order valence-electron chi connectivity index (χ2n) is 5.50. The van der Waals surface area contributed by atoms with E-state index in [4.69, 9.17) is 11.6 Å². The molecule has 3 atom stereocenters. The SMILES string of the molecule is Clc1ccccc1CC(Br)C1C2CCCCC21. The first-order valence-electron chi connectivity index (χ1n) is 6.65. The van der Waals surface area contributed by atoms with Crippen LogP contribution in [-0.4, -0.2) is 4.83 Å². The first-order valence-corrected chi connectivity index (χ1v) is 7.94. The minimum Gasteiger partial charge on any atom is -0.0884 e. The summed E-state index contributed by atoms with van der Waals surface area (Å²) in [6, 6.07) is 8.24. The molecule has 2 aliphatic carbocycles. The molecule has 0 nitrogen and oxygen atoms in total. The topological polar surface area (TPSA) is 0 Å². The van der Waals surface area contributed by atoms with E-state index < -0.39 is 0 Å². The molecule has 17 heavy (non-hydrogen) atoms. The maximum atomic E-state index is 6.23. The van der Waals surface area contributed by atoms with Crippen LogP contribution in [0.5, 0.6) is 0 Å². The highest BCUT2D eigenvalue weighted by Crippen LogP contribution is 2.58. The molecule has 0 saturated heterocycles. The van der Waals surface area contributed by atoms with E-state index in [2.05, 4.69) is 28.1 Å². The van der Waals surface area contributed by atoms with Crippen molar-refractivity contribution in [2.75, 3.05) is 0 Å². The summed E-state index contributed by atoms with van der Waals surface area (Å²) < 4.78 is 0. The summed E-state index contributed by atoms with van der Waals surface area (Å²) in [5.74, 6) is 2.93. The van der Waals surface area contributed by atoms with Crippen molar-refractivity contribution in [3.05, 3.63) is 34.9 Å². The number of hydrogen-bond acceptors (Lipinski definition) is 0. The molecule has 92 valence electrons. The van der Waals surface area contributed by atoms with Crippen LogP contribution in [0, 0.1) is 17.8 Å². The Morgan fingerprint density at radius 2 is 1.82 bits per heavy atom. The highest BCUT2D eigenvalue weighted by molar-refractivity contribution is 9.09. The van der Waals surface area contributed by atoms with E-state index in [0.29, 0.717) is 4.83 Å². The van der Waals surface area contributed by atoms with Gasteiger partial charge in [-0.05, 0) is 48.6 Å². The van der Waals surface area contributed by atoms with Gasteiger partial charge in [-0.1, -0.05) is 58.6 Å². The molecule has 2 saturated carbocycles. The van der Waals surface area contributed by atoms with Crippen molar-refractivity contribution in [3.63, 3.8) is 0 Å². The van der Waals surface area contributed by atoms with Crippen LogP contribution in [0.4, 0.5) is 0 Å². The molecule has 0 aliphatic heterocycles. The van der Waals surface area contributed by atoms with Crippen molar-refractivity contribution in [2.24, 2.45) is 17.8 Å². The van der Waals surface area contributed by atoms with E-state index in [1.165, 1.54) is 31.2 Å². The van der Waals surface area contributed by atoms with Gasteiger partial charge in [0.15, 0.2) is 0 Å². The second kappa shape index (κ2) is 4.93. The first-order chi connectivity index (χ1) is 8.27. The van der Waals surface area contributed by atoms with Crippen LogP contribution in [0.1, 0.15) is 31.2 Å². The molecule has 0 bridgehead atoms. The van der Waals surface area contributed by atoms with Crippen molar-refractivity contribution in [1.82, 2.24) is 0 Å². The molecular formula is C15H18BrCl. The fraction of sp³-hybridized carbons (Fsp3) is 0.600. The number of fused-ring (bicyclic) bond motifs is 1. The molecule has 2 aliphatic rings. The van der Waals surface area contributed by atoms with Gasteiger partial charge in [0.2, 0.25) is 0 Å². The summed E-state index contributed by atoms with van der Waals surface area (Å²) in [5, 5.41) is 0.917. The van der Waals surface area contributed by atoms with E-state index >= 15 is 0 Å². The predicted molar refractivity (Wildman–Crippen MR) is 76.8 cm³/mol. The van der Waals surface area contributed by atoms with Gasteiger partial charge >= 0.3 is 0 Å². The lowest BCUT2D eigenvalue weighted by atomic mass is 10.0. The number of alkyl halides is 1. The Bertz CT molecular complexity index is 392. The quantitative estimate of drug-likeness (QED) is 0.682. The van der Waals surface area contributed by atoms with Gasteiger partial charge in [0.1, 0.15) is 0 Å². The van der Waals surface area contributed by atoms with E-state index in [1.807, 2.05) is 12.1 Å². The summed E-state index contributed by atoms with van der Waals surface area (Å²) >= 11 is 10.1. The standard InChI is InChI=1S/C15H18BrCl/c16-13(9-10-5-1-4-8-14(10)17)15-11-6-2-3-7-12(11)15/h1,4-5,8,11-13,15H,2-3,6-7,9H2. The van der Waals surface area contributed by atoms with Gasteiger partial charge in [-0.25, -0.2) is 0 Å². The molecule has 3 unspecified atom stereocenters. The number of halogens is 2. The summed E-state index contributed by atoms with van der Waals surface area (Å²) in [6.07, 6.45) is 6.89. The fourth-order valence-electron chi connectivity index (χ4n) is 3.59. The average molecular weight is 314 g/mol. The van der Waals surface area contributed by atoms with Gasteiger partial charge in [0.25, 0.3) is 0 Å². The number of hydrogen-bond donors (Lipinski definition) is 0. The second-order valence-corrected chi connectivity index (χ2v) is 7.08.